The maximum absolute atomic E-state index is 6.46. The van der Waals surface area contributed by atoms with E-state index < -0.39 is 0 Å². The summed E-state index contributed by atoms with van der Waals surface area (Å²) in [5.41, 5.74) is 2.21. The van der Waals surface area contributed by atoms with Gasteiger partial charge in [-0.15, -0.1) is 0 Å². The fourth-order valence-corrected chi connectivity index (χ4v) is 3.76. The Bertz CT molecular complexity index is 698. The fraction of sp³-hybridized carbons (Fsp3) is 0.312. The molecule has 0 fully saturated rings. The second-order valence-corrected chi connectivity index (χ2v) is 6.45. The summed E-state index contributed by atoms with van der Waals surface area (Å²) in [6, 6.07) is 9.83. The quantitative estimate of drug-likeness (QED) is 0.821. The van der Waals surface area contributed by atoms with Crippen molar-refractivity contribution in [3.05, 3.63) is 57.8 Å². The zero-order valence-electron chi connectivity index (χ0n) is 12.2. The molecule has 1 aromatic heterocycles. The van der Waals surface area contributed by atoms with Gasteiger partial charge in [-0.05, 0) is 49.0 Å². The lowest BCUT2D eigenvalue weighted by Crippen LogP contribution is -2.47. The minimum atomic E-state index is 0.0000617. The molecule has 22 heavy (non-hydrogen) atoms. The van der Waals surface area contributed by atoms with Crippen LogP contribution in [0.4, 0.5) is 0 Å². The van der Waals surface area contributed by atoms with Gasteiger partial charge in [-0.25, -0.2) is 0 Å². The number of benzene rings is 1. The molecular formula is C16H17Cl2N3S. The highest BCUT2D eigenvalue weighted by Crippen LogP contribution is 2.37. The van der Waals surface area contributed by atoms with Crippen LogP contribution in [0, 0.1) is 0 Å². The number of nitrogens with zero attached hydrogens (tertiary/aromatic N) is 2. The monoisotopic (exact) mass is 353 g/mol. The lowest BCUT2D eigenvalue weighted by molar-refractivity contribution is 0.286. The van der Waals surface area contributed by atoms with Crippen LogP contribution in [0.2, 0.25) is 10.0 Å². The second kappa shape index (κ2) is 6.49. The van der Waals surface area contributed by atoms with E-state index in [1.54, 1.807) is 6.07 Å². The first-order chi connectivity index (χ1) is 10.6. The smallest absolute Gasteiger partial charge is 0.169 e. The van der Waals surface area contributed by atoms with Crippen molar-refractivity contribution >= 4 is 40.5 Å². The van der Waals surface area contributed by atoms with Crippen molar-refractivity contribution in [2.24, 2.45) is 0 Å². The van der Waals surface area contributed by atoms with Crippen molar-refractivity contribution in [3.8, 4) is 0 Å². The third-order valence-corrected chi connectivity index (χ3v) is 4.83. The Balaban J connectivity index is 2.07. The van der Waals surface area contributed by atoms with Crippen molar-refractivity contribution in [2.45, 2.75) is 19.5 Å². The Morgan fingerprint density at radius 3 is 2.86 bits per heavy atom. The van der Waals surface area contributed by atoms with Gasteiger partial charge < -0.3 is 14.8 Å². The third-order valence-electron chi connectivity index (χ3n) is 3.88. The molecule has 3 rings (SSSR count). The first kappa shape index (κ1) is 15.7. The van der Waals surface area contributed by atoms with Gasteiger partial charge in [0.1, 0.15) is 0 Å². The number of hydrogen-bond donors (Lipinski definition) is 1. The number of aromatic nitrogens is 1. The van der Waals surface area contributed by atoms with E-state index >= 15 is 0 Å². The molecule has 6 heteroatoms. The minimum absolute atomic E-state index is 0.0000617. The van der Waals surface area contributed by atoms with Gasteiger partial charge in [0.05, 0.1) is 6.04 Å². The summed E-state index contributed by atoms with van der Waals surface area (Å²) in [7, 11) is 0. The van der Waals surface area contributed by atoms with Crippen molar-refractivity contribution < 1.29 is 0 Å². The van der Waals surface area contributed by atoms with Crippen LogP contribution in [0.3, 0.4) is 0 Å². The average molecular weight is 354 g/mol. The van der Waals surface area contributed by atoms with Crippen LogP contribution >= 0.6 is 35.4 Å². The van der Waals surface area contributed by atoms with E-state index in [4.69, 9.17) is 35.4 Å². The summed E-state index contributed by atoms with van der Waals surface area (Å²) in [4.78, 5) is 2.20. The Labute approximate surface area is 145 Å². The molecular weight excluding hydrogens is 337 g/mol. The Hall–Kier alpha value is -1.23. The molecule has 2 heterocycles. The number of nitrogens with one attached hydrogen (secondary N) is 1. The molecule has 1 atom stereocenters. The van der Waals surface area contributed by atoms with Crippen LogP contribution in [0.15, 0.2) is 36.5 Å². The third kappa shape index (κ3) is 2.83. The second-order valence-electron chi connectivity index (χ2n) is 5.22. The molecule has 0 spiro atoms. The highest BCUT2D eigenvalue weighted by atomic mass is 35.5. The van der Waals surface area contributed by atoms with Gasteiger partial charge in [0.15, 0.2) is 5.11 Å². The zero-order valence-corrected chi connectivity index (χ0v) is 14.5. The first-order valence-corrected chi connectivity index (χ1v) is 8.42. The van der Waals surface area contributed by atoms with E-state index in [1.165, 1.54) is 5.69 Å². The predicted molar refractivity (Wildman–Crippen MR) is 95.7 cm³/mol. The van der Waals surface area contributed by atoms with Crippen LogP contribution < -0.4 is 5.32 Å². The molecule has 1 aromatic carbocycles. The predicted octanol–water partition coefficient (Wildman–Crippen LogP) is 4.09. The van der Waals surface area contributed by atoms with Crippen molar-refractivity contribution in [3.63, 3.8) is 0 Å². The molecule has 0 bridgehead atoms. The number of rotatable bonds is 2. The molecule has 0 saturated heterocycles. The molecule has 1 aliphatic heterocycles. The molecule has 1 aliphatic rings. The van der Waals surface area contributed by atoms with Crippen LogP contribution in [-0.2, 0) is 6.54 Å². The average Bonchev–Trinajstić information content (AvgIpc) is 2.95. The topological polar surface area (TPSA) is 20.2 Å². The standard InChI is InChI=1S/C16H17Cl2N3S/c1-2-19-16(22)21-9-8-20-7-3-4-14(20)15(21)12-6-5-11(17)10-13(12)18/h3-7,10,15H,2,8-9H2,1H3,(H,19,22). The van der Waals surface area contributed by atoms with Gasteiger partial charge in [-0.3, -0.25) is 0 Å². The SMILES string of the molecule is CCNC(=S)N1CCn2cccc2C1c1ccc(Cl)cc1Cl. The molecule has 3 nitrogen and oxygen atoms in total. The summed E-state index contributed by atoms with van der Waals surface area (Å²) in [5, 5.41) is 5.31. The summed E-state index contributed by atoms with van der Waals surface area (Å²) in [6.07, 6.45) is 2.10. The summed E-state index contributed by atoms with van der Waals surface area (Å²) in [6.45, 7) is 4.60. The van der Waals surface area contributed by atoms with E-state index in [9.17, 15) is 0 Å². The number of fused-ring (bicyclic) bond motifs is 1. The van der Waals surface area contributed by atoms with E-state index in [2.05, 4.69) is 33.1 Å². The Kier molecular flexibility index (Phi) is 4.62. The van der Waals surface area contributed by atoms with E-state index in [-0.39, 0.29) is 6.04 Å². The van der Waals surface area contributed by atoms with Crippen molar-refractivity contribution in [1.82, 2.24) is 14.8 Å². The fourth-order valence-electron chi connectivity index (χ4n) is 2.91. The number of hydrogen-bond acceptors (Lipinski definition) is 1. The molecule has 0 amide bonds. The Morgan fingerprint density at radius 1 is 1.32 bits per heavy atom. The van der Waals surface area contributed by atoms with E-state index in [0.717, 1.165) is 30.3 Å². The van der Waals surface area contributed by atoms with Crippen LogP contribution in [0.1, 0.15) is 24.2 Å². The largest absolute Gasteiger partial charge is 0.363 e. The first-order valence-electron chi connectivity index (χ1n) is 7.26. The van der Waals surface area contributed by atoms with E-state index in [1.807, 2.05) is 19.1 Å². The number of halogens is 2. The molecule has 1 N–H and O–H groups in total. The van der Waals surface area contributed by atoms with Gasteiger partial charge in [-0.1, -0.05) is 29.3 Å². The lowest BCUT2D eigenvalue weighted by atomic mass is 10.0. The molecule has 0 radical (unpaired) electrons. The zero-order chi connectivity index (χ0) is 15.7. The lowest BCUT2D eigenvalue weighted by Gasteiger charge is -2.39. The Morgan fingerprint density at radius 2 is 2.14 bits per heavy atom. The van der Waals surface area contributed by atoms with Crippen molar-refractivity contribution in [1.29, 1.82) is 0 Å². The minimum Gasteiger partial charge on any atom is -0.363 e. The molecule has 116 valence electrons. The van der Waals surface area contributed by atoms with Crippen LogP contribution in [0.5, 0.6) is 0 Å². The van der Waals surface area contributed by atoms with Gasteiger partial charge in [0, 0.05) is 41.6 Å². The molecule has 1 unspecified atom stereocenters. The van der Waals surface area contributed by atoms with Gasteiger partial charge >= 0.3 is 0 Å². The van der Waals surface area contributed by atoms with Crippen LogP contribution in [-0.4, -0.2) is 27.7 Å². The van der Waals surface area contributed by atoms with Gasteiger partial charge in [0.2, 0.25) is 0 Å². The number of thiocarbonyl (C=S) groups is 1. The summed E-state index contributed by atoms with van der Waals surface area (Å²) in [5.74, 6) is 0. The summed E-state index contributed by atoms with van der Waals surface area (Å²) >= 11 is 18.1. The molecule has 0 aliphatic carbocycles. The molecule has 2 aromatic rings. The molecule has 0 saturated carbocycles. The van der Waals surface area contributed by atoms with E-state index in [0.29, 0.717) is 10.0 Å². The normalized spacial score (nSPS) is 17.2. The highest BCUT2D eigenvalue weighted by Gasteiger charge is 2.31. The maximum atomic E-state index is 6.46. The maximum Gasteiger partial charge on any atom is 0.169 e. The summed E-state index contributed by atoms with van der Waals surface area (Å²) < 4.78 is 2.25. The van der Waals surface area contributed by atoms with Gasteiger partial charge in [-0.2, -0.15) is 0 Å². The van der Waals surface area contributed by atoms with Crippen molar-refractivity contribution in [2.75, 3.05) is 13.1 Å². The van der Waals surface area contributed by atoms with Gasteiger partial charge in [0.25, 0.3) is 0 Å². The van der Waals surface area contributed by atoms with Crippen LogP contribution in [0.25, 0.3) is 0 Å². The highest BCUT2D eigenvalue weighted by molar-refractivity contribution is 7.80.